The molecule has 4 heteroatoms. The summed E-state index contributed by atoms with van der Waals surface area (Å²) < 4.78 is 5.75. The van der Waals surface area contributed by atoms with E-state index in [9.17, 15) is 4.79 Å². The maximum absolute atomic E-state index is 12.8. The molecule has 1 aliphatic rings. The average molecular weight is 347 g/mol. The Hall–Kier alpha value is -1.39. The van der Waals surface area contributed by atoms with E-state index >= 15 is 0 Å². The van der Waals surface area contributed by atoms with Gasteiger partial charge in [0.2, 0.25) is 0 Å². The van der Waals surface area contributed by atoms with Crippen LogP contribution >= 0.6 is 0 Å². The molecule has 1 aliphatic heterocycles. The molecule has 25 heavy (non-hydrogen) atoms. The largest absolute Gasteiger partial charge is 0.368 e. The number of carbonyl (C=O) groups is 1. The quantitative estimate of drug-likeness (QED) is 0.719. The summed E-state index contributed by atoms with van der Waals surface area (Å²) in [5, 5.41) is 0. The number of benzene rings is 1. The van der Waals surface area contributed by atoms with Gasteiger partial charge in [-0.3, -0.25) is 9.69 Å². The Kier molecular flexibility index (Phi) is 7.45. The molecule has 1 heterocycles. The van der Waals surface area contributed by atoms with Crippen molar-refractivity contribution >= 4 is 5.91 Å². The van der Waals surface area contributed by atoms with Crippen LogP contribution < -0.4 is 0 Å². The highest BCUT2D eigenvalue weighted by Crippen LogP contribution is 2.27. The molecular weight excluding hydrogens is 312 g/mol. The number of carbonyl (C=O) groups excluding carboxylic acids is 1. The van der Waals surface area contributed by atoms with Crippen LogP contribution in [0.4, 0.5) is 0 Å². The minimum Gasteiger partial charge on any atom is -0.368 e. The first kappa shape index (κ1) is 19.9. The topological polar surface area (TPSA) is 32.8 Å². The molecule has 1 saturated heterocycles. The van der Waals surface area contributed by atoms with E-state index in [0.29, 0.717) is 18.6 Å². The number of likely N-dealkylation sites (N-methyl/N-ethyl adjacent to an activating group) is 1. The van der Waals surface area contributed by atoms with Crippen molar-refractivity contribution in [3.8, 4) is 0 Å². The van der Waals surface area contributed by atoms with Gasteiger partial charge in [-0.1, -0.05) is 44.2 Å². The van der Waals surface area contributed by atoms with Gasteiger partial charge in [-0.25, -0.2) is 0 Å². The molecule has 0 unspecified atom stereocenters. The fourth-order valence-electron chi connectivity index (χ4n) is 3.55. The highest BCUT2D eigenvalue weighted by atomic mass is 16.5. The van der Waals surface area contributed by atoms with Crippen LogP contribution in [0.1, 0.15) is 52.6 Å². The molecule has 3 atom stereocenters. The standard InChI is InChI=1S/C21H34N2O2/c1-6-23(21(24)18(5)25-15-16(2)3)20-12-13-22(14-20)17(4)19-10-8-7-9-11-19/h7-11,16-18,20H,6,12-15H2,1-5H3/t17-,18-,20-/m0/s1. The number of hydrogen-bond acceptors (Lipinski definition) is 3. The van der Waals surface area contributed by atoms with Gasteiger partial charge in [0.15, 0.2) is 0 Å². The fourth-order valence-corrected chi connectivity index (χ4v) is 3.55. The highest BCUT2D eigenvalue weighted by molar-refractivity contribution is 5.80. The second-order valence-electron chi connectivity index (χ2n) is 7.52. The predicted octanol–water partition coefficient (Wildman–Crippen LogP) is 3.73. The maximum atomic E-state index is 12.8. The number of hydrogen-bond donors (Lipinski definition) is 0. The molecule has 1 aromatic carbocycles. The van der Waals surface area contributed by atoms with Crippen LogP contribution in [-0.2, 0) is 9.53 Å². The van der Waals surface area contributed by atoms with E-state index in [0.717, 1.165) is 26.1 Å². The molecule has 1 amide bonds. The number of likely N-dealkylation sites (tertiary alicyclic amines) is 1. The minimum absolute atomic E-state index is 0.127. The summed E-state index contributed by atoms with van der Waals surface area (Å²) in [5.74, 6) is 0.571. The van der Waals surface area contributed by atoms with Crippen LogP contribution in [-0.4, -0.2) is 54.1 Å². The molecule has 2 rings (SSSR count). The summed E-state index contributed by atoms with van der Waals surface area (Å²) in [6.45, 7) is 13.8. The molecule has 140 valence electrons. The fraction of sp³-hybridized carbons (Fsp3) is 0.667. The van der Waals surface area contributed by atoms with E-state index in [1.165, 1.54) is 5.56 Å². The lowest BCUT2D eigenvalue weighted by molar-refractivity contribution is -0.145. The van der Waals surface area contributed by atoms with Crippen LogP contribution in [0.25, 0.3) is 0 Å². The van der Waals surface area contributed by atoms with E-state index < -0.39 is 0 Å². The molecule has 0 spiro atoms. The molecule has 0 N–H and O–H groups in total. The smallest absolute Gasteiger partial charge is 0.251 e. The summed E-state index contributed by atoms with van der Waals surface area (Å²) in [6, 6.07) is 11.3. The summed E-state index contributed by atoms with van der Waals surface area (Å²) in [7, 11) is 0. The van der Waals surface area contributed by atoms with Crippen LogP contribution in [0, 0.1) is 5.92 Å². The Labute approximate surface area is 153 Å². The van der Waals surface area contributed by atoms with Gasteiger partial charge in [0, 0.05) is 38.3 Å². The van der Waals surface area contributed by atoms with Crippen molar-refractivity contribution in [1.29, 1.82) is 0 Å². The number of nitrogens with zero attached hydrogens (tertiary/aromatic N) is 2. The molecule has 1 aromatic rings. The second kappa shape index (κ2) is 9.35. The van der Waals surface area contributed by atoms with Crippen molar-refractivity contribution in [3.63, 3.8) is 0 Å². The number of ether oxygens (including phenoxy) is 1. The van der Waals surface area contributed by atoms with Crippen molar-refractivity contribution < 1.29 is 9.53 Å². The maximum Gasteiger partial charge on any atom is 0.251 e. The summed E-state index contributed by atoms with van der Waals surface area (Å²) in [5.41, 5.74) is 1.34. The van der Waals surface area contributed by atoms with Gasteiger partial charge in [0.1, 0.15) is 6.10 Å². The van der Waals surface area contributed by atoms with Crippen molar-refractivity contribution in [2.75, 3.05) is 26.2 Å². The molecular formula is C21H34N2O2. The van der Waals surface area contributed by atoms with E-state index in [-0.39, 0.29) is 18.1 Å². The van der Waals surface area contributed by atoms with Crippen molar-refractivity contribution in [3.05, 3.63) is 35.9 Å². The van der Waals surface area contributed by atoms with Crippen LogP contribution in [0.2, 0.25) is 0 Å². The summed E-state index contributed by atoms with van der Waals surface area (Å²) >= 11 is 0. The van der Waals surface area contributed by atoms with Gasteiger partial charge < -0.3 is 9.64 Å². The monoisotopic (exact) mass is 346 g/mol. The third kappa shape index (κ3) is 5.29. The second-order valence-corrected chi connectivity index (χ2v) is 7.52. The van der Waals surface area contributed by atoms with Crippen molar-refractivity contribution in [2.45, 2.75) is 59.2 Å². The van der Waals surface area contributed by atoms with E-state index in [1.54, 1.807) is 0 Å². The van der Waals surface area contributed by atoms with Crippen molar-refractivity contribution in [1.82, 2.24) is 9.80 Å². The zero-order valence-corrected chi connectivity index (χ0v) is 16.4. The normalized spacial score (nSPS) is 20.6. The lowest BCUT2D eigenvalue weighted by Gasteiger charge is -2.31. The third-order valence-electron chi connectivity index (χ3n) is 5.12. The van der Waals surface area contributed by atoms with Gasteiger partial charge in [-0.15, -0.1) is 0 Å². The lowest BCUT2D eigenvalue weighted by atomic mass is 10.1. The average Bonchev–Trinajstić information content (AvgIpc) is 3.10. The van der Waals surface area contributed by atoms with Crippen LogP contribution in [0.15, 0.2) is 30.3 Å². The minimum atomic E-state index is -0.358. The predicted molar refractivity (Wildman–Crippen MR) is 102 cm³/mol. The van der Waals surface area contributed by atoms with E-state index in [1.807, 2.05) is 11.8 Å². The Morgan fingerprint density at radius 3 is 2.52 bits per heavy atom. The van der Waals surface area contributed by atoms with Gasteiger partial charge in [0.05, 0.1) is 0 Å². The molecule has 0 saturated carbocycles. The molecule has 0 aromatic heterocycles. The summed E-state index contributed by atoms with van der Waals surface area (Å²) in [4.78, 5) is 17.3. The lowest BCUT2D eigenvalue weighted by Crippen LogP contribution is -2.46. The zero-order chi connectivity index (χ0) is 18.4. The van der Waals surface area contributed by atoms with Gasteiger partial charge in [-0.05, 0) is 38.7 Å². The molecule has 0 aliphatic carbocycles. The van der Waals surface area contributed by atoms with E-state index in [4.69, 9.17) is 4.74 Å². The SMILES string of the molecule is CCN(C(=O)[C@H](C)OCC(C)C)[C@H]1CCN([C@@H](C)c2ccccc2)C1. The van der Waals surface area contributed by atoms with Gasteiger partial charge in [-0.2, -0.15) is 0 Å². The summed E-state index contributed by atoms with van der Waals surface area (Å²) in [6.07, 6.45) is 0.677. The van der Waals surface area contributed by atoms with E-state index in [2.05, 4.69) is 62.9 Å². The number of rotatable bonds is 8. The Morgan fingerprint density at radius 2 is 1.92 bits per heavy atom. The number of amides is 1. The zero-order valence-electron chi connectivity index (χ0n) is 16.4. The Balaban J connectivity index is 1.95. The molecule has 1 fully saturated rings. The highest BCUT2D eigenvalue weighted by Gasteiger charge is 2.34. The van der Waals surface area contributed by atoms with Crippen molar-refractivity contribution in [2.24, 2.45) is 5.92 Å². The molecule has 0 radical (unpaired) electrons. The molecule has 4 nitrogen and oxygen atoms in total. The van der Waals surface area contributed by atoms with Crippen LogP contribution in [0.5, 0.6) is 0 Å². The van der Waals surface area contributed by atoms with Gasteiger partial charge >= 0.3 is 0 Å². The molecule has 0 bridgehead atoms. The first-order valence-electron chi connectivity index (χ1n) is 9.65. The van der Waals surface area contributed by atoms with Gasteiger partial charge in [0.25, 0.3) is 5.91 Å². The Bertz CT molecular complexity index is 532. The Morgan fingerprint density at radius 1 is 1.24 bits per heavy atom. The van der Waals surface area contributed by atoms with Crippen LogP contribution in [0.3, 0.4) is 0 Å². The third-order valence-corrected chi connectivity index (χ3v) is 5.12. The first-order valence-corrected chi connectivity index (χ1v) is 9.65. The first-order chi connectivity index (χ1) is 11.9.